The van der Waals surface area contributed by atoms with Gasteiger partial charge in [-0.05, 0) is 70.8 Å². The zero-order valence-electron chi connectivity index (χ0n) is 12.1. The molecule has 0 unspecified atom stereocenters. The third-order valence-corrected chi connectivity index (χ3v) is 3.25. The van der Waals surface area contributed by atoms with E-state index < -0.39 is 0 Å². The van der Waals surface area contributed by atoms with Gasteiger partial charge in [0.25, 0.3) is 0 Å². The Labute approximate surface area is 116 Å². The van der Waals surface area contributed by atoms with Crippen molar-refractivity contribution in [2.75, 3.05) is 13.2 Å². The molecule has 0 spiro atoms. The second-order valence-electron chi connectivity index (χ2n) is 5.75. The molecule has 1 aromatic carbocycles. The quantitative estimate of drug-likeness (QED) is 0.812. The zero-order chi connectivity index (χ0) is 13.8. The molecule has 0 aliphatic carbocycles. The third-order valence-electron chi connectivity index (χ3n) is 2.66. The minimum atomic E-state index is 0.174. The van der Waals surface area contributed by atoms with Crippen LogP contribution in [0.5, 0.6) is 5.75 Å². The molecule has 0 saturated carbocycles. The van der Waals surface area contributed by atoms with Crippen LogP contribution < -0.4 is 10.1 Å². The van der Waals surface area contributed by atoms with E-state index in [9.17, 15) is 0 Å². The minimum absolute atomic E-state index is 0.174. The number of ether oxygens (including phenoxy) is 1. The standard InChI is InChI=1S/C15H24ClNO/c1-11-9-13(10-12(2)14(11)16)18-8-6-7-17-15(3,4)5/h9-10,17H,6-8H2,1-5H3. The van der Waals surface area contributed by atoms with Crippen LogP contribution in [0.15, 0.2) is 12.1 Å². The Morgan fingerprint density at radius 1 is 1.17 bits per heavy atom. The van der Waals surface area contributed by atoms with E-state index in [0.29, 0.717) is 0 Å². The molecule has 0 heterocycles. The van der Waals surface area contributed by atoms with Gasteiger partial charge in [0.2, 0.25) is 0 Å². The van der Waals surface area contributed by atoms with Crippen molar-refractivity contribution < 1.29 is 4.74 Å². The van der Waals surface area contributed by atoms with E-state index in [0.717, 1.165) is 41.5 Å². The highest BCUT2D eigenvalue weighted by Crippen LogP contribution is 2.25. The number of halogens is 1. The SMILES string of the molecule is Cc1cc(OCCCNC(C)(C)C)cc(C)c1Cl. The number of rotatable bonds is 5. The normalized spacial score (nSPS) is 11.7. The lowest BCUT2D eigenvalue weighted by atomic mass is 10.1. The van der Waals surface area contributed by atoms with Crippen LogP contribution in [-0.4, -0.2) is 18.7 Å². The summed E-state index contributed by atoms with van der Waals surface area (Å²) < 4.78 is 5.74. The van der Waals surface area contributed by atoms with Crippen molar-refractivity contribution in [3.8, 4) is 5.75 Å². The first kappa shape index (κ1) is 15.3. The van der Waals surface area contributed by atoms with Crippen LogP contribution in [0.2, 0.25) is 5.02 Å². The van der Waals surface area contributed by atoms with Gasteiger partial charge in [-0.3, -0.25) is 0 Å². The maximum Gasteiger partial charge on any atom is 0.119 e. The van der Waals surface area contributed by atoms with Crippen molar-refractivity contribution in [1.29, 1.82) is 0 Å². The van der Waals surface area contributed by atoms with Gasteiger partial charge in [0, 0.05) is 10.6 Å². The Morgan fingerprint density at radius 2 is 1.72 bits per heavy atom. The first-order valence-corrected chi connectivity index (χ1v) is 6.82. The predicted octanol–water partition coefficient (Wildman–Crippen LogP) is 4.11. The van der Waals surface area contributed by atoms with Gasteiger partial charge >= 0.3 is 0 Å². The van der Waals surface area contributed by atoms with Crippen LogP contribution in [0.3, 0.4) is 0 Å². The lowest BCUT2D eigenvalue weighted by Gasteiger charge is -2.20. The Morgan fingerprint density at radius 3 is 2.22 bits per heavy atom. The van der Waals surface area contributed by atoms with Crippen molar-refractivity contribution in [2.45, 2.75) is 46.6 Å². The number of hydrogen-bond donors (Lipinski definition) is 1. The summed E-state index contributed by atoms with van der Waals surface area (Å²) in [5, 5.41) is 4.27. The van der Waals surface area contributed by atoms with Crippen molar-refractivity contribution in [2.24, 2.45) is 0 Å². The summed E-state index contributed by atoms with van der Waals surface area (Å²) in [6.07, 6.45) is 0.998. The van der Waals surface area contributed by atoms with Crippen LogP contribution in [0, 0.1) is 13.8 Å². The summed E-state index contributed by atoms with van der Waals surface area (Å²) >= 11 is 6.12. The summed E-state index contributed by atoms with van der Waals surface area (Å²) in [6.45, 7) is 12.2. The Bertz CT molecular complexity index is 373. The van der Waals surface area contributed by atoms with Gasteiger partial charge < -0.3 is 10.1 Å². The number of nitrogens with one attached hydrogen (secondary N) is 1. The summed E-state index contributed by atoms with van der Waals surface area (Å²) in [6, 6.07) is 3.99. The predicted molar refractivity (Wildman–Crippen MR) is 78.8 cm³/mol. The maximum atomic E-state index is 6.12. The van der Waals surface area contributed by atoms with Crippen LogP contribution in [0.25, 0.3) is 0 Å². The molecular formula is C15H24ClNO. The molecule has 0 aliphatic rings. The highest BCUT2D eigenvalue weighted by Gasteiger charge is 2.07. The van der Waals surface area contributed by atoms with Gasteiger partial charge in [-0.1, -0.05) is 11.6 Å². The molecular weight excluding hydrogens is 246 g/mol. The fraction of sp³-hybridized carbons (Fsp3) is 0.600. The molecule has 1 rings (SSSR count). The first-order chi connectivity index (χ1) is 8.29. The van der Waals surface area contributed by atoms with E-state index in [-0.39, 0.29) is 5.54 Å². The van der Waals surface area contributed by atoms with Gasteiger partial charge in [-0.2, -0.15) is 0 Å². The molecule has 0 atom stereocenters. The molecule has 0 aromatic heterocycles. The third kappa shape index (κ3) is 5.28. The van der Waals surface area contributed by atoms with E-state index in [1.165, 1.54) is 0 Å². The van der Waals surface area contributed by atoms with Crippen molar-refractivity contribution >= 4 is 11.6 Å². The van der Waals surface area contributed by atoms with Gasteiger partial charge in [-0.25, -0.2) is 0 Å². The Kier molecular flexibility index (Phi) is 5.48. The molecule has 3 heteroatoms. The smallest absolute Gasteiger partial charge is 0.119 e. The number of benzene rings is 1. The zero-order valence-corrected chi connectivity index (χ0v) is 12.8. The number of aryl methyl sites for hydroxylation is 2. The first-order valence-electron chi connectivity index (χ1n) is 6.44. The van der Waals surface area contributed by atoms with E-state index >= 15 is 0 Å². The van der Waals surface area contributed by atoms with Gasteiger partial charge in [-0.15, -0.1) is 0 Å². The van der Waals surface area contributed by atoms with E-state index in [4.69, 9.17) is 16.3 Å². The second-order valence-corrected chi connectivity index (χ2v) is 6.13. The highest BCUT2D eigenvalue weighted by molar-refractivity contribution is 6.32. The summed E-state index contributed by atoms with van der Waals surface area (Å²) in [5.41, 5.74) is 2.31. The molecule has 102 valence electrons. The molecule has 0 radical (unpaired) electrons. The fourth-order valence-corrected chi connectivity index (χ4v) is 1.82. The van der Waals surface area contributed by atoms with Gasteiger partial charge in [0.15, 0.2) is 0 Å². The summed E-state index contributed by atoms with van der Waals surface area (Å²) in [7, 11) is 0. The molecule has 0 fully saturated rings. The topological polar surface area (TPSA) is 21.3 Å². The van der Waals surface area contributed by atoms with Crippen LogP contribution in [0.4, 0.5) is 0 Å². The number of hydrogen-bond acceptors (Lipinski definition) is 2. The summed E-state index contributed by atoms with van der Waals surface area (Å²) in [5.74, 6) is 0.908. The molecule has 0 aliphatic heterocycles. The van der Waals surface area contributed by atoms with Crippen molar-refractivity contribution in [3.63, 3.8) is 0 Å². The average Bonchev–Trinajstić information content (AvgIpc) is 2.23. The molecule has 2 nitrogen and oxygen atoms in total. The van der Waals surface area contributed by atoms with Crippen LogP contribution in [0.1, 0.15) is 38.3 Å². The molecule has 18 heavy (non-hydrogen) atoms. The largest absolute Gasteiger partial charge is 0.494 e. The molecule has 1 aromatic rings. The summed E-state index contributed by atoms with van der Waals surface area (Å²) in [4.78, 5) is 0. The lowest BCUT2D eigenvalue weighted by Crippen LogP contribution is -2.36. The van der Waals surface area contributed by atoms with E-state index in [1.807, 2.05) is 26.0 Å². The van der Waals surface area contributed by atoms with Crippen LogP contribution >= 0.6 is 11.6 Å². The van der Waals surface area contributed by atoms with Gasteiger partial charge in [0.1, 0.15) is 5.75 Å². The van der Waals surface area contributed by atoms with E-state index in [2.05, 4.69) is 26.1 Å². The van der Waals surface area contributed by atoms with Gasteiger partial charge in [0.05, 0.1) is 6.61 Å². The average molecular weight is 270 g/mol. The fourth-order valence-electron chi connectivity index (χ4n) is 1.72. The molecule has 0 bridgehead atoms. The van der Waals surface area contributed by atoms with E-state index in [1.54, 1.807) is 0 Å². The monoisotopic (exact) mass is 269 g/mol. The Hall–Kier alpha value is -0.730. The minimum Gasteiger partial charge on any atom is -0.494 e. The van der Waals surface area contributed by atoms with Crippen molar-refractivity contribution in [3.05, 3.63) is 28.3 Å². The molecule has 1 N–H and O–H groups in total. The molecule has 0 amide bonds. The van der Waals surface area contributed by atoms with Crippen molar-refractivity contribution in [1.82, 2.24) is 5.32 Å². The maximum absolute atomic E-state index is 6.12. The lowest BCUT2D eigenvalue weighted by molar-refractivity contribution is 0.298. The second kappa shape index (κ2) is 6.44. The molecule has 0 saturated heterocycles. The van der Waals surface area contributed by atoms with Crippen LogP contribution in [-0.2, 0) is 0 Å². The Balaban J connectivity index is 2.36. The highest BCUT2D eigenvalue weighted by atomic mass is 35.5.